The molecule has 0 unspecified atom stereocenters. The third-order valence-electron chi connectivity index (χ3n) is 6.58. The quantitative estimate of drug-likeness (QED) is 0.684. The molecule has 7 heteroatoms. The van der Waals surface area contributed by atoms with Crippen molar-refractivity contribution in [3.05, 3.63) is 35.4 Å². The molecule has 1 aromatic rings. The summed E-state index contributed by atoms with van der Waals surface area (Å²) in [7, 11) is 0. The van der Waals surface area contributed by atoms with Gasteiger partial charge in [-0.3, -0.25) is 9.59 Å². The number of benzene rings is 1. The van der Waals surface area contributed by atoms with E-state index >= 15 is 0 Å². The Labute approximate surface area is 191 Å². The summed E-state index contributed by atoms with van der Waals surface area (Å²) < 4.78 is 0. The standard InChI is InChI=1S/C24H36N4O2S/c1-4-25-24(31)27-15-12-19(13-16-27)21(23(30)28-14-6-5-7-18(28)3)26-22(29)20-10-8-17(2)9-11-20/h8-11,18-19,21H,4-7,12-16H2,1-3H3,(H,25,31)(H,26,29)/t18-,21-/m0/s1. The van der Waals surface area contributed by atoms with E-state index in [-0.39, 0.29) is 23.8 Å². The number of hydrogen-bond donors (Lipinski definition) is 2. The molecule has 1 aromatic carbocycles. The van der Waals surface area contributed by atoms with Crippen LogP contribution in [0.4, 0.5) is 0 Å². The van der Waals surface area contributed by atoms with Gasteiger partial charge in [-0.2, -0.15) is 0 Å². The predicted molar refractivity (Wildman–Crippen MR) is 128 cm³/mol. The average molecular weight is 445 g/mol. The summed E-state index contributed by atoms with van der Waals surface area (Å²) in [6, 6.07) is 7.24. The first-order chi connectivity index (χ1) is 14.9. The van der Waals surface area contributed by atoms with Crippen LogP contribution < -0.4 is 10.6 Å². The Hall–Kier alpha value is -2.15. The molecule has 2 amide bonds. The SMILES string of the molecule is CCNC(=S)N1CCC([C@H](NC(=O)c2ccc(C)cc2)C(=O)N2CCCC[C@@H]2C)CC1. The second-order valence-electron chi connectivity index (χ2n) is 8.85. The molecule has 31 heavy (non-hydrogen) atoms. The van der Waals surface area contributed by atoms with Gasteiger partial charge in [0.25, 0.3) is 5.91 Å². The Kier molecular flexibility index (Phi) is 8.29. The minimum Gasteiger partial charge on any atom is -0.363 e. The van der Waals surface area contributed by atoms with Crippen molar-refractivity contribution in [2.75, 3.05) is 26.2 Å². The Balaban J connectivity index is 1.74. The van der Waals surface area contributed by atoms with Gasteiger partial charge in [0.2, 0.25) is 5.91 Å². The molecule has 6 nitrogen and oxygen atoms in total. The molecule has 2 N–H and O–H groups in total. The van der Waals surface area contributed by atoms with Crippen molar-refractivity contribution in [3.8, 4) is 0 Å². The fourth-order valence-electron chi connectivity index (χ4n) is 4.61. The van der Waals surface area contributed by atoms with E-state index in [9.17, 15) is 9.59 Å². The van der Waals surface area contributed by atoms with Crippen LogP contribution >= 0.6 is 12.2 Å². The summed E-state index contributed by atoms with van der Waals surface area (Å²) in [5.74, 6) is 0.00526. The number of piperidine rings is 2. The van der Waals surface area contributed by atoms with Crippen molar-refractivity contribution in [2.45, 2.75) is 65.0 Å². The normalized spacial score (nSPS) is 20.8. The number of thiocarbonyl (C=S) groups is 1. The summed E-state index contributed by atoms with van der Waals surface area (Å²) >= 11 is 5.46. The van der Waals surface area contributed by atoms with Crippen LogP contribution in [0.3, 0.4) is 0 Å². The highest BCUT2D eigenvalue weighted by molar-refractivity contribution is 7.80. The maximum absolute atomic E-state index is 13.6. The van der Waals surface area contributed by atoms with Gasteiger partial charge in [-0.25, -0.2) is 0 Å². The lowest BCUT2D eigenvalue weighted by Gasteiger charge is -2.41. The zero-order valence-corrected chi connectivity index (χ0v) is 19.8. The highest BCUT2D eigenvalue weighted by Gasteiger charge is 2.37. The molecule has 2 fully saturated rings. The van der Waals surface area contributed by atoms with Gasteiger partial charge >= 0.3 is 0 Å². The Morgan fingerprint density at radius 1 is 1.10 bits per heavy atom. The topological polar surface area (TPSA) is 64.7 Å². The average Bonchev–Trinajstić information content (AvgIpc) is 2.78. The minimum absolute atomic E-state index is 0.0698. The summed E-state index contributed by atoms with van der Waals surface area (Å²) in [6.45, 7) is 9.34. The molecule has 0 bridgehead atoms. The third-order valence-corrected chi connectivity index (χ3v) is 6.98. The fourth-order valence-corrected chi connectivity index (χ4v) is 4.94. The van der Waals surface area contributed by atoms with Gasteiger partial charge in [-0.15, -0.1) is 0 Å². The Morgan fingerprint density at radius 2 is 1.77 bits per heavy atom. The van der Waals surface area contributed by atoms with Crippen molar-refractivity contribution in [1.29, 1.82) is 0 Å². The molecule has 0 aromatic heterocycles. The molecule has 0 saturated carbocycles. The van der Waals surface area contributed by atoms with Crippen LogP contribution in [-0.2, 0) is 4.79 Å². The van der Waals surface area contributed by atoms with Crippen molar-refractivity contribution in [1.82, 2.24) is 20.4 Å². The molecule has 2 saturated heterocycles. The van der Waals surface area contributed by atoms with Crippen molar-refractivity contribution < 1.29 is 9.59 Å². The van der Waals surface area contributed by atoms with E-state index in [2.05, 4.69) is 22.5 Å². The summed E-state index contributed by atoms with van der Waals surface area (Å²) in [5, 5.41) is 7.10. The van der Waals surface area contributed by atoms with E-state index in [1.807, 2.05) is 43.0 Å². The minimum atomic E-state index is -0.496. The lowest BCUT2D eigenvalue weighted by Crippen LogP contribution is -2.57. The van der Waals surface area contributed by atoms with E-state index < -0.39 is 6.04 Å². The predicted octanol–water partition coefficient (Wildman–Crippen LogP) is 3.10. The second-order valence-corrected chi connectivity index (χ2v) is 9.24. The van der Waals surface area contributed by atoms with Gasteiger partial charge in [0, 0.05) is 37.8 Å². The largest absolute Gasteiger partial charge is 0.363 e. The second kappa shape index (κ2) is 10.9. The number of nitrogens with zero attached hydrogens (tertiary/aromatic N) is 2. The van der Waals surface area contributed by atoms with Crippen molar-refractivity contribution in [2.24, 2.45) is 5.92 Å². The molecule has 0 radical (unpaired) electrons. The Bertz CT molecular complexity index is 774. The molecule has 3 rings (SSSR count). The van der Waals surface area contributed by atoms with E-state index in [0.717, 1.165) is 69.0 Å². The van der Waals surface area contributed by atoms with E-state index in [1.165, 1.54) is 0 Å². The molecule has 0 spiro atoms. The molecule has 170 valence electrons. The van der Waals surface area contributed by atoms with Crippen LogP contribution in [0.2, 0.25) is 0 Å². The highest BCUT2D eigenvalue weighted by atomic mass is 32.1. The molecule has 2 aliphatic rings. The van der Waals surface area contributed by atoms with Crippen molar-refractivity contribution >= 4 is 29.1 Å². The number of carbonyl (C=O) groups is 2. The fraction of sp³-hybridized carbons (Fsp3) is 0.625. The molecular weight excluding hydrogens is 408 g/mol. The van der Waals surface area contributed by atoms with Gasteiger partial charge in [-0.05, 0) is 83.1 Å². The van der Waals surface area contributed by atoms with Crippen LogP contribution in [0.1, 0.15) is 61.9 Å². The van der Waals surface area contributed by atoms with E-state index in [0.29, 0.717) is 5.56 Å². The third kappa shape index (κ3) is 5.97. The first-order valence-electron chi connectivity index (χ1n) is 11.6. The highest BCUT2D eigenvalue weighted by Crippen LogP contribution is 2.25. The van der Waals surface area contributed by atoms with Crippen molar-refractivity contribution in [3.63, 3.8) is 0 Å². The summed E-state index contributed by atoms with van der Waals surface area (Å²) in [6.07, 6.45) is 4.88. The zero-order valence-electron chi connectivity index (χ0n) is 19.0. The van der Waals surface area contributed by atoms with E-state index in [4.69, 9.17) is 12.2 Å². The number of amides is 2. The smallest absolute Gasteiger partial charge is 0.251 e. The lowest BCUT2D eigenvalue weighted by atomic mass is 9.87. The van der Waals surface area contributed by atoms with Gasteiger partial charge < -0.3 is 20.4 Å². The number of rotatable bonds is 5. The molecule has 0 aliphatic carbocycles. The van der Waals surface area contributed by atoms with E-state index in [1.54, 1.807) is 0 Å². The lowest BCUT2D eigenvalue weighted by molar-refractivity contribution is -0.138. The van der Waals surface area contributed by atoms with Crippen LogP contribution in [-0.4, -0.2) is 65.0 Å². The van der Waals surface area contributed by atoms with Gasteiger partial charge in [0.15, 0.2) is 5.11 Å². The van der Waals surface area contributed by atoms with Gasteiger partial charge in [0.1, 0.15) is 6.04 Å². The van der Waals surface area contributed by atoms with Crippen LogP contribution in [0.25, 0.3) is 0 Å². The zero-order chi connectivity index (χ0) is 22.4. The summed E-state index contributed by atoms with van der Waals surface area (Å²) in [5.41, 5.74) is 1.70. The first-order valence-corrected chi connectivity index (χ1v) is 12.0. The first kappa shape index (κ1) is 23.5. The monoisotopic (exact) mass is 444 g/mol. The number of carbonyl (C=O) groups excluding carboxylic acids is 2. The number of nitrogens with one attached hydrogen (secondary N) is 2. The van der Waals surface area contributed by atoms with Crippen LogP contribution in [0, 0.1) is 12.8 Å². The number of hydrogen-bond acceptors (Lipinski definition) is 3. The maximum Gasteiger partial charge on any atom is 0.251 e. The molecule has 2 heterocycles. The maximum atomic E-state index is 13.6. The van der Waals surface area contributed by atoms with Gasteiger partial charge in [0.05, 0.1) is 0 Å². The van der Waals surface area contributed by atoms with Gasteiger partial charge in [-0.1, -0.05) is 17.7 Å². The molecule has 2 aliphatic heterocycles. The Morgan fingerprint density at radius 3 is 2.39 bits per heavy atom. The van der Waals surface area contributed by atoms with Crippen LogP contribution in [0.5, 0.6) is 0 Å². The summed E-state index contributed by atoms with van der Waals surface area (Å²) in [4.78, 5) is 30.8. The van der Waals surface area contributed by atoms with Crippen LogP contribution in [0.15, 0.2) is 24.3 Å². The molecular formula is C24H36N4O2S. The molecule has 2 atom stereocenters. The number of aryl methyl sites for hydroxylation is 1. The number of likely N-dealkylation sites (tertiary alicyclic amines) is 2.